The van der Waals surface area contributed by atoms with Gasteiger partial charge in [0.2, 0.25) is 0 Å². The Balaban J connectivity index is 2.83. The number of rotatable bonds is 4. The lowest BCUT2D eigenvalue weighted by atomic mass is 10.3. The van der Waals surface area contributed by atoms with Crippen molar-refractivity contribution in [3.05, 3.63) is 22.8 Å². The van der Waals surface area contributed by atoms with Gasteiger partial charge in [0.15, 0.2) is 5.69 Å². The van der Waals surface area contributed by atoms with Gasteiger partial charge in [-0.25, -0.2) is 9.78 Å². The molecule has 0 saturated heterocycles. The predicted molar refractivity (Wildman–Crippen MR) is 61.8 cm³/mol. The predicted octanol–water partition coefficient (Wildman–Crippen LogP) is 3.18. The topological polar surface area (TPSA) is 50.2 Å². The molecule has 0 amide bonds. The SMILES string of the molecule is CC(C)CSc1ccc(Cl)c(C(=O)O)n1. The molecule has 0 fully saturated rings. The minimum absolute atomic E-state index is 0.0783. The first-order valence-electron chi connectivity index (χ1n) is 4.53. The van der Waals surface area contributed by atoms with Crippen molar-refractivity contribution in [3.63, 3.8) is 0 Å². The lowest BCUT2D eigenvalue weighted by molar-refractivity contribution is 0.0690. The number of carboxylic acid groups (broad SMARTS) is 1. The van der Waals surface area contributed by atoms with Crippen molar-refractivity contribution >= 4 is 29.3 Å². The average Bonchev–Trinajstić information content (AvgIpc) is 2.16. The molecule has 3 nitrogen and oxygen atoms in total. The maximum Gasteiger partial charge on any atom is 0.356 e. The number of thioether (sulfide) groups is 1. The second-order valence-electron chi connectivity index (χ2n) is 3.49. The van der Waals surface area contributed by atoms with Gasteiger partial charge in [-0.15, -0.1) is 11.8 Å². The Morgan fingerprint density at radius 3 is 2.80 bits per heavy atom. The lowest BCUT2D eigenvalue weighted by Crippen LogP contribution is -2.02. The first-order chi connectivity index (χ1) is 7.00. The van der Waals surface area contributed by atoms with Crippen LogP contribution in [0.2, 0.25) is 5.02 Å². The van der Waals surface area contributed by atoms with Gasteiger partial charge in [-0.2, -0.15) is 0 Å². The van der Waals surface area contributed by atoms with Crippen LogP contribution in [-0.2, 0) is 0 Å². The number of aromatic carboxylic acids is 1. The van der Waals surface area contributed by atoms with Gasteiger partial charge in [-0.1, -0.05) is 25.4 Å². The van der Waals surface area contributed by atoms with Crippen LogP contribution in [0.5, 0.6) is 0 Å². The summed E-state index contributed by atoms with van der Waals surface area (Å²) in [5.74, 6) is 0.362. The smallest absolute Gasteiger partial charge is 0.356 e. The molecule has 0 saturated carbocycles. The minimum Gasteiger partial charge on any atom is -0.476 e. The van der Waals surface area contributed by atoms with Crippen LogP contribution in [0.4, 0.5) is 0 Å². The van der Waals surface area contributed by atoms with Gasteiger partial charge >= 0.3 is 5.97 Å². The first kappa shape index (κ1) is 12.3. The van der Waals surface area contributed by atoms with Crippen molar-refractivity contribution in [1.82, 2.24) is 4.98 Å². The fourth-order valence-electron chi connectivity index (χ4n) is 0.907. The van der Waals surface area contributed by atoms with E-state index in [1.807, 2.05) is 0 Å². The van der Waals surface area contributed by atoms with Crippen LogP contribution in [0.15, 0.2) is 17.2 Å². The van der Waals surface area contributed by atoms with E-state index in [0.717, 1.165) is 5.75 Å². The summed E-state index contributed by atoms with van der Waals surface area (Å²) in [6, 6.07) is 3.31. The Hall–Kier alpha value is -0.740. The summed E-state index contributed by atoms with van der Waals surface area (Å²) in [6.07, 6.45) is 0. The Bertz CT molecular complexity index is 368. The molecule has 0 radical (unpaired) electrons. The summed E-state index contributed by atoms with van der Waals surface area (Å²) in [4.78, 5) is 14.7. The van der Waals surface area contributed by atoms with Gasteiger partial charge in [0, 0.05) is 5.75 Å². The van der Waals surface area contributed by atoms with Gasteiger partial charge in [-0.05, 0) is 18.1 Å². The summed E-state index contributed by atoms with van der Waals surface area (Å²) < 4.78 is 0. The number of carboxylic acids is 1. The number of halogens is 1. The fraction of sp³-hybridized carbons (Fsp3) is 0.400. The second-order valence-corrected chi connectivity index (χ2v) is 4.94. The molecule has 0 bridgehead atoms. The van der Waals surface area contributed by atoms with Gasteiger partial charge in [0.1, 0.15) is 0 Å². The molecule has 1 rings (SSSR count). The Morgan fingerprint density at radius 2 is 2.27 bits per heavy atom. The van der Waals surface area contributed by atoms with Gasteiger partial charge in [-0.3, -0.25) is 0 Å². The van der Waals surface area contributed by atoms with Crippen LogP contribution in [0.3, 0.4) is 0 Å². The maximum absolute atomic E-state index is 10.8. The largest absolute Gasteiger partial charge is 0.476 e. The molecule has 1 aromatic rings. The molecule has 82 valence electrons. The van der Waals surface area contributed by atoms with Gasteiger partial charge in [0.05, 0.1) is 10.0 Å². The van der Waals surface area contributed by atoms with E-state index in [2.05, 4.69) is 18.8 Å². The Labute approximate surface area is 97.9 Å². The molecule has 15 heavy (non-hydrogen) atoms. The van der Waals surface area contributed by atoms with E-state index in [1.54, 1.807) is 12.1 Å². The molecular weight excluding hydrogens is 234 g/mol. The van der Waals surface area contributed by atoms with Crippen LogP contribution in [0, 0.1) is 5.92 Å². The lowest BCUT2D eigenvalue weighted by Gasteiger charge is -2.05. The van der Waals surface area contributed by atoms with Crippen molar-refractivity contribution < 1.29 is 9.90 Å². The van der Waals surface area contributed by atoms with E-state index < -0.39 is 5.97 Å². The van der Waals surface area contributed by atoms with Crippen molar-refractivity contribution in [2.75, 3.05) is 5.75 Å². The summed E-state index contributed by atoms with van der Waals surface area (Å²) in [5.41, 5.74) is -0.0783. The summed E-state index contributed by atoms with van der Waals surface area (Å²) >= 11 is 7.24. The molecule has 0 atom stereocenters. The molecule has 5 heteroatoms. The van der Waals surface area contributed by atoms with E-state index in [4.69, 9.17) is 16.7 Å². The molecule has 0 aliphatic heterocycles. The van der Waals surface area contributed by atoms with Crippen LogP contribution in [-0.4, -0.2) is 21.8 Å². The third-order valence-electron chi connectivity index (χ3n) is 1.59. The summed E-state index contributed by atoms with van der Waals surface area (Å²) in [6.45, 7) is 4.20. The minimum atomic E-state index is -1.09. The maximum atomic E-state index is 10.8. The van der Waals surface area contributed by atoms with E-state index in [1.165, 1.54) is 11.8 Å². The highest BCUT2D eigenvalue weighted by atomic mass is 35.5. The Kier molecular flexibility index (Phi) is 4.42. The zero-order valence-electron chi connectivity index (χ0n) is 8.53. The number of hydrogen-bond acceptors (Lipinski definition) is 3. The van der Waals surface area contributed by atoms with Crippen molar-refractivity contribution in [2.24, 2.45) is 5.92 Å². The highest BCUT2D eigenvalue weighted by Gasteiger charge is 2.11. The van der Waals surface area contributed by atoms with Crippen LogP contribution in [0.25, 0.3) is 0 Å². The summed E-state index contributed by atoms with van der Waals surface area (Å²) in [5, 5.41) is 9.69. The first-order valence-corrected chi connectivity index (χ1v) is 5.89. The van der Waals surface area contributed by atoms with Crippen molar-refractivity contribution in [2.45, 2.75) is 18.9 Å². The molecule has 1 heterocycles. The van der Waals surface area contributed by atoms with E-state index >= 15 is 0 Å². The van der Waals surface area contributed by atoms with Gasteiger partial charge in [0.25, 0.3) is 0 Å². The van der Waals surface area contributed by atoms with E-state index in [9.17, 15) is 4.79 Å². The molecule has 0 aromatic carbocycles. The van der Waals surface area contributed by atoms with Crippen LogP contribution < -0.4 is 0 Å². The monoisotopic (exact) mass is 245 g/mol. The molecule has 1 N–H and O–H groups in total. The van der Waals surface area contributed by atoms with Crippen molar-refractivity contribution in [1.29, 1.82) is 0 Å². The quantitative estimate of drug-likeness (QED) is 0.828. The third-order valence-corrected chi connectivity index (χ3v) is 3.25. The molecule has 0 aliphatic carbocycles. The molecular formula is C10H12ClNO2S. The molecule has 0 spiro atoms. The van der Waals surface area contributed by atoms with Crippen LogP contribution in [0.1, 0.15) is 24.3 Å². The molecule has 0 aliphatic rings. The number of carbonyl (C=O) groups is 1. The second kappa shape index (κ2) is 5.37. The van der Waals surface area contributed by atoms with E-state index in [0.29, 0.717) is 10.9 Å². The number of nitrogens with zero attached hydrogens (tertiary/aromatic N) is 1. The number of aromatic nitrogens is 1. The Morgan fingerprint density at radius 1 is 1.60 bits per heavy atom. The highest BCUT2D eigenvalue weighted by molar-refractivity contribution is 7.99. The normalized spacial score (nSPS) is 10.7. The molecule has 0 unspecified atom stereocenters. The standard InChI is InChI=1S/C10H12ClNO2S/c1-6(2)5-15-8-4-3-7(11)9(12-8)10(13)14/h3-4,6H,5H2,1-2H3,(H,13,14). The molecule has 1 aromatic heterocycles. The van der Waals surface area contributed by atoms with Crippen LogP contribution >= 0.6 is 23.4 Å². The highest BCUT2D eigenvalue weighted by Crippen LogP contribution is 2.22. The fourth-order valence-corrected chi connectivity index (χ4v) is 1.92. The van der Waals surface area contributed by atoms with Gasteiger partial charge < -0.3 is 5.11 Å². The number of hydrogen-bond donors (Lipinski definition) is 1. The average molecular weight is 246 g/mol. The zero-order valence-corrected chi connectivity index (χ0v) is 10.1. The van der Waals surface area contributed by atoms with E-state index in [-0.39, 0.29) is 10.7 Å². The summed E-state index contributed by atoms with van der Waals surface area (Å²) in [7, 11) is 0. The third kappa shape index (κ3) is 3.72. The zero-order chi connectivity index (χ0) is 11.4. The van der Waals surface area contributed by atoms with Crippen molar-refractivity contribution in [3.8, 4) is 0 Å². The number of pyridine rings is 1.